The number of hydrogen-bond acceptors (Lipinski definition) is 1. The molecule has 5 heteroatoms. The van der Waals surface area contributed by atoms with Gasteiger partial charge in [0.15, 0.2) is 0 Å². The van der Waals surface area contributed by atoms with Crippen LogP contribution in [0.25, 0.3) is 0 Å². The van der Waals surface area contributed by atoms with E-state index in [4.69, 9.17) is 34.8 Å². The maximum atomic E-state index is 12.0. The number of amides is 1. The monoisotopic (exact) mass is 321 g/mol. The van der Waals surface area contributed by atoms with E-state index in [1.54, 1.807) is 18.2 Å². The standard InChI is InChI=1S/C14H18Cl3NO/c1-3-9(4-2)12(16)8-18-14(19)10-6-5-7-11(15)13(10)17/h5-7,9,12H,3-4,8H2,1-2H3,(H,18,19). The smallest absolute Gasteiger partial charge is 0.252 e. The zero-order valence-electron chi connectivity index (χ0n) is 11.1. The number of nitrogens with one attached hydrogen (secondary N) is 1. The molecule has 1 aromatic rings. The molecule has 0 fully saturated rings. The van der Waals surface area contributed by atoms with Crippen molar-refractivity contribution in [2.24, 2.45) is 5.92 Å². The number of carbonyl (C=O) groups excluding carboxylic acids is 1. The normalized spacial score (nSPS) is 12.5. The van der Waals surface area contributed by atoms with Gasteiger partial charge in [-0.05, 0) is 18.1 Å². The molecular formula is C14H18Cl3NO. The average Bonchev–Trinajstić information content (AvgIpc) is 2.40. The fraction of sp³-hybridized carbons (Fsp3) is 0.500. The molecule has 0 aromatic heterocycles. The molecule has 0 aliphatic carbocycles. The third kappa shape index (κ3) is 4.55. The van der Waals surface area contributed by atoms with Crippen molar-refractivity contribution in [3.8, 4) is 0 Å². The Morgan fingerprint density at radius 3 is 2.47 bits per heavy atom. The van der Waals surface area contributed by atoms with Crippen molar-refractivity contribution in [2.45, 2.75) is 32.1 Å². The highest BCUT2D eigenvalue weighted by Crippen LogP contribution is 2.25. The fourth-order valence-electron chi connectivity index (χ4n) is 1.93. The van der Waals surface area contributed by atoms with Crippen molar-refractivity contribution in [3.63, 3.8) is 0 Å². The summed E-state index contributed by atoms with van der Waals surface area (Å²) in [6, 6.07) is 4.99. The van der Waals surface area contributed by atoms with Crippen LogP contribution in [0.3, 0.4) is 0 Å². The van der Waals surface area contributed by atoms with E-state index in [9.17, 15) is 4.79 Å². The van der Waals surface area contributed by atoms with Crippen molar-refractivity contribution < 1.29 is 4.79 Å². The molecule has 2 nitrogen and oxygen atoms in total. The third-order valence-corrected chi connectivity index (χ3v) is 4.54. The second kappa shape index (κ2) is 7.98. The fourth-order valence-corrected chi connectivity index (χ4v) is 2.75. The van der Waals surface area contributed by atoms with Crippen LogP contribution in [-0.2, 0) is 0 Å². The molecule has 1 rings (SSSR count). The Morgan fingerprint density at radius 1 is 1.26 bits per heavy atom. The number of halogens is 3. The first-order chi connectivity index (χ1) is 9.01. The minimum absolute atomic E-state index is 0.0723. The first kappa shape index (κ1) is 16.6. The molecule has 0 heterocycles. The molecule has 106 valence electrons. The van der Waals surface area contributed by atoms with E-state index in [-0.39, 0.29) is 16.3 Å². The first-order valence-corrected chi connectivity index (χ1v) is 7.56. The number of rotatable bonds is 6. The molecule has 1 aromatic carbocycles. The van der Waals surface area contributed by atoms with Gasteiger partial charge >= 0.3 is 0 Å². The second-order valence-electron chi connectivity index (χ2n) is 4.40. The molecular weight excluding hydrogens is 305 g/mol. The highest BCUT2D eigenvalue weighted by atomic mass is 35.5. The van der Waals surface area contributed by atoms with Crippen LogP contribution >= 0.6 is 34.8 Å². The van der Waals surface area contributed by atoms with Gasteiger partial charge < -0.3 is 5.32 Å². The molecule has 0 spiro atoms. The topological polar surface area (TPSA) is 29.1 Å². The van der Waals surface area contributed by atoms with Gasteiger partial charge in [-0.2, -0.15) is 0 Å². The molecule has 1 atom stereocenters. The highest BCUT2D eigenvalue weighted by molar-refractivity contribution is 6.43. The summed E-state index contributed by atoms with van der Waals surface area (Å²) in [5.74, 6) is 0.154. The molecule has 1 unspecified atom stereocenters. The summed E-state index contributed by atoms with van der Waals surface area (Å²) in [5.41, 5.74) is 0.377. The molecule has 0 bridgehead atoms. The van der Waals surface area contributed by atoms with Crippen molar-refractivity contribution in [1.82, 2.24) is 5.32 Å². The van der Waals surface area contributed by atoms with E-state index in [2.05, 4.69) is 19.2 Å². The summed E-state index contributed by atoms with van der Waals surface area (Å²) in [7, 11) is 0. The van der Waals surface area contributed by atoms with E-state index in [0.717, 1.165) is 12.8 Å². The Morgan fingerprint density at radius 2 is 1.89 bits per heavy atom. The zero-order chi connectivity index (χ0) is 14.4. The number of carbonyl (C=O) groups is 1. The number of benzene rings is 1. The second-order valence-corrected chi connectivity index (χ2v) is 5.75. The van der Waals surface area contributed by atoms with E-state index in [0.29, 0.717) is 23.0 Å². The van der Waals surface area contributed by atoms with Gasteiger partial charge in [0, 0.05) is 6.54 Å². The van der Waals surface area contributed by atoms with E-state index in [1.165, 1.54) is 0 Å². The van der Waals surface area contributed by atoms with Gasteiger partial charge in [0.2, 0.25) is 0 Å². The molecule has 19 heavy (non-hydrogen) atoms. The Kier molecular flexibility index (Phi) is 6.98. The highest BCUT2D eigenvalue weighted by Gasteiger charge is 2.18. The van der Waals surface area contributed by atoms with Crippen LogP contribution in [0.1, 0.15) is 37.0 Å². The maximum absolute atomic E-state index is 12.0. The molecule has 1 amide bonds. The third-order valence-electron chi connectivity index (χ3n) is 3.21. The summed E-state index contributed by atoms with van der Waals surface area (Å²) in [6.07, 6.45) is 2.00. The predicted molar refractivity (Wildman–Crippen MR) is 82.5 cm³/mol. The molecule has 1 N–H and O–H groups in total. The van der Waals surface area contributed by atoms with Crippen LogP contribution in [0, 0.1) is 5.92 Å². The predicted octanol–water partition coefficient (Wildman–Crippen LogP) is 4.77. The van der Waals surface area contributed by atoms with E-state index >= 15 is 0 Å². The van der Waals surface area contributed by atoms with Crippen LogP contribution < -0.4 is 5.32 Å². The van der Waals surface area contributed by atoms with Gasteiger partial charge in [-0.3, -0.25) is 4.79 Å². The maximum Gasteiger partial charge on any atom is 0.252 e. The van der Waals surface area contributed by atoms with Gasteiger partial charge in [0.25, 0.3) is 5.91 Å². The van der Waals surface area contributed by atoms with Crippen LogP contribution in [0.2, 0.25) is 10.0 Å². The minimum Gasteiger partial charge on any atom is -0.350 e. The summed E-state index contributed by atoms with van der Waals surface area (Å²) in [6.45, 7) is 4.62. The largest absolute Gasteiger partial charge is 0.350 e. The van der Waals surface area contributed by atoms with Gasteiger partial charge in [0.05, 0.1) is 21.0 Å². The van der Waals surface area contributed by atoms with Gasteiger partial charge in [-0.25, -0.2) is 0 Å². The molecule has 0 radical (unpaired) electrons. The van der Waals surface area contributed by atoms with Crippen LogP contribution in [-0.4, -0.2) is 17.8 Å². The van der Waals surface area contributed by atoms with Crippen molar-refractivity contribution in [1.29, 1.82) is 0 Å². The van der Waals surface area contributed by atoms with Gasteiger partial charge in [-0.1, -0.05) is 56.0 Å². The average molecular weight is 323 g/mol. The summed E-state index contributed by atoms with van der Waals surface area (Å²) in [5, 5.41) is 3.38. The lowest BCUT2D eigenvalue weighted by atomic mass is 9.99. The Balaban J connectivity index is 2.63. The first-order valence-electron chi connectivity index (χ1n) is 6.37. The number of alkyl halides is 1. The van der Waals surface area contributed by atoms with Crippen LogP contribution in [0.15, 0.2) is 18.2 Å². The molecule has 0 saturated carbocycles. The van der Waals surface area contributed by atoms with Crippen molar-refractivity contribution in [2.75, 3.05) is 6.54 Å². The molecule has 0 saturated heterocycles. The Labute approximate surface area is 129 Å². The molecule has 0 aliphatic heterocycles. The lowest BCUT2D eigenvalue weighted by Gasteiger charge is -2.19. The number of hydrogen-bond donors (Lipinski definition) is 1. The quantitative estimate of drug-likeness (QED) is 0.751. The Bertz CT molecular complexity index is 433. The summed E-state index contributed by atoms with van der Waals surface area (Å²) >= 11 is 18.1. The van der Waals surface area contributed by atoms with Gasteiger partial charge in [0.1, 0.15) is 0 Å². The summed E-state index contributed by atoms with van der Waals surface area (Å²) in [4.78, 5) is 12.0. The van der Waals surface area contributed by atoms with Crippen molar-refractivity contribution in [3.05, 3.63) is 33.8 Å². The SMILES string of the molecule is CCC(CC)C(Cl)CNC(=O)c1cccc(Cl)c1Cl. The minimum atomic E-state index is -0.246. The van der Waals surface area contributed by atoms with Crippen LogP contribution in [0.5, 0.6) is 0 Å². The van der Waals surface area contributed by atoms with E-state index in [1.807, 2.05) is 0 Å². The molecule has 0 aliphatic rings. The Hall–Kier alpha value is -0.440. The van der Waals surface area contributed by atoms with Crippen molar-refractivity contribution >= 4 is 40.7 Å². The summed E-state index contributed by atoms with van der Waals surface area (Å²) < 4.78 is 0. The lowest BCUT2D eigenvalue weighted by molar-refractivity contribution is 0.0951. The zero-order valence-corrected chi connectivity index (χ0v) is 13.3. The van der Waals surface area contributed by atoms with Crippen LogP contribution in [0.4, 0.5) is 0 Å². The van der Waals surface area contributed by atoms with E-state index < -0.39 is 0 Å². The lowest BCUT2D eigenvalue weighted by Crippen LogP contribution is -2.33. The van der Waals surface area contributed by atoms with Gasteiger partial charge in [-0.15, -0.1) is 11.6 Å².